The van der Waals surface area contributed by atoms with Gasteiger partial charge < -0.3 is 11.1 Å². The molecule has 0 saturated carbocycles. The number of aryl methyl sites for hydroxylation is 1. The van der Waals surface area contributed by atoms with Gasteiger partial charge in [0.1, 0.15) is 0 Å². The Labute approximate surface area is 141 Å². The molecule has 2 aromatic heterocycles. The highest BCUT2D eigenvalue weighted by molar-refractivity contribution is 7.90. The molecule has 2 rings (SSSR count). The maximum atomic E-state index is 12.4. The number of anilines is 1. The van der Waals surface area contributed by atoms with Gasteiger partial charge >= 0.3 is 0 Å². The lowest BCUT2D eigenvalue weighted by molar-refractivity contribution is 0.0935. The molecule has 8 heteroatoms. The van der Waals surface area contributed by atoms with Crippen molar-refractivity contribution in [2.45, 2.75) is 31.3 Å². The van der Waals surface area contributed by atoms with E-state index in [1.165, 1.54) is 12.4 Å². The summed E-state index contributed by atoms with van der Waals surface area (Å²) in [5, 5.41) is 2.72. The molecule has 0 spiro atoms. The van der Waals surface area contributed by atoms with Crippen molar-refractivity contribution in [3.63, 3.8) is 0 Å². The van der Waals surface area contributed by atoms with Gasteiger partial charge in [0.15, 0.2) is 14.9 Å². The second kappa shape index (κ2) is 6.96. The predicted molar refractivity (Wildman–Crippen MR) is 91.2 cm³/mol. The molecule has 2 heterocycles. The molecule has 1 amide bonds. The highest BCUT2D eigenvalue weighted by Gasteiger charge is 2.23. The first-order chi connectivity index (χ1) is 11.2. The van der Waals surface area contributed by atoms with Crippen molar-refractivity contribution in [3.05, 3.63) is 47.4 Å². The van der Waals surface area contributed by atoms with Crippen LogP contribution in [0, 0.1) is 6.92 Å². The van der Waals surface area contributed by atoms with Gasteiger partial charge in [-0.25, -0.2) is 13.4 Å². The van der Waals surface area contributed by atoms with Crippen LogP contribution >= 0.6 is 0 Å². The van der Waals surface area contributed by atoms with Gasteiger partial charge in [-0.1, -0.05) is 6.92 Å². The molecule has 24 heavy (non-hydrogen) atoms. The molecule has 1 atom stereocenters. The van der Waals surface area contributed by atoms with Gasteiger partial charge in [0, 0.05) is 35.5 Å². The van der Waals surface area contributed by atoms with Gasteiger partial charge in [0.25, 0.3) is 5.91 Å². The summed E-state index contributed by atoms with van der Waals surface area (Å²) < 4.78 is 23.8. The van der Waals surface area contributed by atoms with E-state index in [-0.39, 0.29) is 16.6 Å². The van der Waals surface area contributed by atoms with E-state index in [9.17, 15) is 13.2 Å². The highest BCUT2D eigenvalue weighted by atomic mass is 32.2. The van der Waals surface area contributed by atoms with E-state index >= 15 is 0 Å². The Bertz CT molecular complexity index is 851. The van der Waals surface area contributed by atoms with Crippen LogP contribution in [-0.4, -0.2) is 30.5 Å². The Morgan fingerprint density at radius 3 is 2.50 bits per heavy atom. The zero-order valence-corrected chi connectivity index (χ0v) is 14.6. The van der Waals surface area contributed by atoms with Crippen LogP contribution in [0.2, 0.25) is 0 Å². The molecule has 2 aromatic rings. The summed E-state index contributed by atoms with van der Waals surface area (Å²) in [6.45, 7) is 3.57. The number of sulfone groups is 1. The molecule has 0 aliphatic heterocycles. The van der Waals surface area contributed by atoms with Crippen LogP contribution in [0.5, 0.6) is 0 Å². The number of rotatable bonds is 5. The second-order valence-electron chi connectivity index (χ2n) is 5.51. The van der Waals surface area contributed by atoms with Crippen molar-refractivity contribution < 1.29 is 13.2 Å². The van der Waals surface area contributed by atoms with Crippen molar-refractivity contribution >= 4 is 21.4 Å². The zero-order valence-electron chi connectivity index (χ0n) is 13.8. The molecule has 0 saturated heterocycles. The normalized spacial score (nSPS) is 12.6. The summed E-state index contributed by atoms with van der Waals surface area (Å²) in [5.74, 6) is -0.279. The summed E-state index contributed by atoms with van der Waals surface area (Å²) >= 11 is 0. The maximum absolute atomic E-state index is 12.4. The monoisotopic (exact) mass is 348 g/mol. The molecule has 0 aromatic carbocycles. The van der Waals surface area contributed by atoms with Crippen LogP contribution in [-0.2, 0) is 9.84 Å². The first kappa shape index (κ1) is 17.9. The maximum Gasteiger partial charge on any atom is 0.251 e. The summed E-state index contributed by atoms with van der Waals surface area (Å²) in [5.41, 5.74) is 7.64. The number of nitrogens with one attached hydrogen (secondary N) is 1. The van der Waals surface area contributed by atoms with Crippen molar-refractivity contribution in [1.82, 2.24) is 15.3 Å². The van der Waals surface area contributed by atoms with Crippen molar-refractivity contribution in [3.8, 4) is 0 Å². The third-order valence-electron chi connectivity index (χ3n) is 3.57. The van der Waals surface area contributed by atoms with Crippen LogP contribution in [0.1, 0.15) is 41.0 Å². The SMILES string of the molecule is CC[C@H](NC(=O)c1ccncc1)c1cc(C)nc(S(C)(=O)=O)c1N. The predicted octanol–water partition coefficient (Wildman–Crippen LogP) is 1.65. The first-order valence-corrected chi connectivity index (χ1v) is 9.31. The molecule has 0 aliphatic carbocycles. The average Bonchev–Trinajstić information content (AvgIpc) is 2.54. The Kier molecular flexibility index (Phi) is 5.18. The molecular weight excluding hydrogens is 328 g/mol. The standard InChI is InChI=1S/C16H20N4O3S/c1-4-13(20-15(21)11-5-7-18-8-6-11)12-9-10(2)19-16(14(12)17)24(3,22)23/h5-9,13H,4,17H2,1-3H3,(H,20,21)/t13-/m0/s1. The van der Waals surface area contributed by atoms with Crippen LogP contribution in [0.15, 0.2) is 35.6 Å². The molecule has 0 fully saturated rings. The number of nitrogens with two attached hydrogens (primary N) is 1. The summed E-state index contributed by atoms with van der Waals surface area (Å²) in [4.78, 5) is 20.3. The van der Waals surface area contributed by atoms with E-state index in [0.29, 0.717) is 23.2 Å². The van der Waals surface area contributed by atoms with E-state index in [4.69, 9.17) is 5.73 Å². The zero-order chi connectivity index (χ0) is 17.9. The number of carbonyl (C=O) groups is 1. The fourth-order valence-corrected chi connectivity index (χ4v) is 3.22. The number of pyridine rings is 2. The van der Waals surface area contributed by atoms with Gasteiger partial charge in [0.2, 0.25) is 0 Å². The molecule has 0 bridgehead atoms. The highest BCUT2D eigenvalue weighted by Crippen LogP contribution is 2.28. The van der Waals surface area contributed by atoms with Gasteiger partial charge in [-0.05, 0) is 31.5 Å². The van der Waals surface area contributed by atoms with E-state index in [1.54, 1.807) is 25.1 Å². The topological polar surface area (TPSA) is 115 Å². The number of carbonyl (C=O) groups excluding carboxylic acids is 1. The van der Waals surface area contributed by atoms with Gasteiger partial charge in [-0.15, -0.1) is 0 Å². The summed E-state index contributed by atoms with van der Waals surface area (Å²) in [7, 11) is -3.56. The summed E-state index contributed by atoms with van der Waals surface area (Å²) in [6.07, 6.45) is 4.67. The minimum absolute atomic E-state index is 0.0741. The van der Waals surface area contributed by atoms with Gasteiger partial charge in [-0.2, -0.15) is 0 Å². The molecule has 7 nitrogen and oxygen atoms in total. The smallest absolute Gasteiger partial charge is 0.251 e. The third kappa shape index (κ3) is 3.88. The quantitative estimate of drug-likeness (QED) is 0.849. The van der Waals surface area contributed by atoms with Crippen molar-refractivity contribution in [1.29, 1.82) is 0 Å². The number of hydrogen-bond donors (Lipinski definition) is 2. The Morgan fingerprint density at radius 1 is 1.33 bits per heavy atom. The Morgan fingerprint density at radius 2 is 1.96 bits per heavy atom. The van der Waals surface area contributed by atoms with Crippen LogP contribution < -0.4 is 11.1 Å². The van der Waals surface area contributed by atoms with Crippen molar-refractivity contribution in [2.24, 2.45) is 0 Å². The number of nitrogen functional groups attached to an aromatic ring is 1. The largest absolute Gasteiger partial charge is 0.396 e. The molecule has 3 N–H and O–H groups in total. The number of aromatic nitrogens is 2. The molecule has 0 radical (unpaired) electrons. The lowest BCUT2D eigenvalue weighted by atomic mass is 10.0. The van der Waals surface area contributed by atoms with Crippen LogP contribution in [0.25, 0.3) is 0 Å². The second-order valence-corrected chi connectivity index (χ2v) is 7.45. The molecule has 0 aliphatic rings. The fraction of sp³-hybridized carbons (Fsp3) is 0.312. The lowest BCUT2D eigenvalue weighted by Gasteiger charge is -2.21. The Hall–Kier alpha value is -2.48. The van der Waals surface area contributed by atoms with Crippen LogP contribution in [0.4, 0.5) is 5.69 Å². The minimum Gasteiger partial charge on any atom is -0.396 e. The van der Waals surface area contributed by atoms with Gasteiger partial charge in [0.05, 0.1) is 11.7 Å². The van der Waals surface area contributed by atoms with E-state index in [2.05, 4.69) is 15.3 Å². The number of amides is 1. The van der Waals surface area contributed by atoms with Crippen LogP contribution in [0.3, 0.4) is 0 Å². The average molecular weight is 348 g/mol. The fourth-order valence-electron chi connectivity index (χ4n) is 2.39. The van der Waals surface area contributed by atoms with E-state index in [1.807, 2.05) is 6.92 Å². The Balaban J connectivity index is 2.41. The molecule has 128 valence electrons. The summed E-state index contributed by atoms with van der Waals surface area (Å²) in [6, 6.07) is 4.48. The molecule has 0 unspecified atom stereocenters. The van der Waals surface area contributed by atoms with Crippen molar-refractivity contribution in [2.75, 3.05) is 12.0 Å². The van der Waals surface area contributed by atoms with E-state index < -0.39 is 15.9 Å². The lowest BCUT2D eigenvalue weighted by Crippen LogP contribution is -2.29. The third-order valence-corrected chi connectivity index (χ3v) is 4.58. The first-order valence-electron chi connectivity index (χ1n) is 7.42. The number of hydrogen-bond acceptors (Lipinski definition) is 6. The van der Waals surface area contributed by atoms with E-state index in [0.717, 1.165) is 6.26 Å². The van der Waals surface area contributed by atoms with Gasteiger partial charge in [-0.3, -0.25) is 9.78 Å². The minimum atomic E-state index is -3.56. The number of nitrogens with zero attached hydrogens (tertiary/aromatic N) is 2. The molecular formula is C16H20N4O3S.